The molecule has 0 aliphatic rings. The van der Waals surface area contributed by atoms with Gasteiger partial charge in [-0.25, -0.2) is 0 Å². The van der Waals surface area contributed by atoms with Crippen LogP contribution < -0.4 is 5.56 Å². The molecule has 19 heavy (non-hydrogen) atoms. The highest BCUT2D eigenvalue weighted by Gasteiger charge is 2.07. The highest BCUT2D eigenvalue weighted by atomic mass is 32.1. The Morgan fingerprint density at radius 1 is 1.42 bits per heavy atom. The molecular formula is C13H14N2O3S. The predicted octanol–water partition coefficient (Wildman–Crippen LogP) is 2.01. The van der Waals surface area contributed by atoms with Gasteiger partial charge in [-0.2, -0.15) is 0 Å². The third kappa shape index (κ3) is 2.90. The third-order valence-corrected chi connectivity index (χ3v) is 3.06. The molecule has 0 amide bonds. The van der Waals surface area contributed by atoms with Gasteiger partial charge in [-0.15, -0.1) is 0 Å². The molecule has 6 heteroatoms. The molecule has 0 aliphatic carbocycles. The second-order valence-corrected chi connectivity index (χ2v) is 4.37. The van der Waals surface area contributed by atoms with E-state index in [1.54, 1.807) is 25.1 Å². The van der Waals surface area contributed by atoms with E-state index in [1.165, 1.54) is 4.57 Å². The lowest BCUT2D eigenvalue weighted by Gasteiger charge is -2.07. The minimum atomic E-state index is -0.336. The van der Waals surface area contributed by atoms with Crippen molar-refractivity contribution in [1.82, 2.24) is 9.55 Å². The Morgan fingerprint density at radius 2 is 2.16 bits per heavy atom. The topological polar surface area (TPSA) is 64.1 Å². The van der Waals surface area contributed by atoms with Crippen molar-refractivity contribution >= 4 is 29.1 Å². The molecule has 1 heterocycles. The number of carbonyl (C=O) groups excluding carboxylic acids is 1. The highest BCUT2D eigenvalue weighted by Crippen LogP contribution is 2.06. The molecule has 2 rings (SSSR count). The molecule has 0 radical (unpaired) electrons. The molecule has 2 aromatic rings. The summed E-state index contributed by atoms with van der Waals surface area (Å²) in [6.07, 6.45) is 0.129. The number of hydrogen-bond donors (Lipinski definition) is 1. The Morgan fingerprint density at radius 3 is 2.89 bits per heavy atom. The Hall–Kier alpha value is -1.95. The number of carbonyl (C=O) groups is 1. The van der Waals surface area contributed by atoms with Crippen LogP contribution in [0.1, 0.15) is 13.3 Å². The summed E-state index contributed by atoms with van der Waals surface area (Å²) < 4.78 is 6.53. The average molecular weight is 278 g/mol. The molecule has 0 saturated heterocycles. The molecule has 1 N–H and O–H groups in total. The summed E-state index contributed by atoms with van der Waals surface area (Å²) in [7, 11) is 0. The number of aromatic nitrogens is 2. The Labute approximate surface area is 114 Å². The van der Waals surface area contributed by atoms with E-state index in [-0.39, 0.29) is 24.5 Å². The summed E-state index contributed by atoms with van der Waals surface area (Å²) in [4.78, 5) is 26.5. The van der Waals surface area contributed by atoms with Crippen LogP contribution in [0.5, 0.6) is 0 Å². The monoisotopic (exact) mass is 278 g/mol. The van der Waals surface area contributed by atoms with Crippen LogP contribution >= 0.6 is 12.2 Å². The molecule has 1 aromatic heterocycles. The molecule has 100 valence electrons. The summed E-state index contributed by atoms with van der Waals surface area (Å²) in [6, 6.07) is 7.14. The summed E-state index contributed by atoms with van der Waals surface area (Å²) in [5.41, 5.74) is 0.508. The van der Waals surface area contributed by atoms with Gasteiger partial charge in [-0.3, -0.25) is 14.2 Å². The summed E-state index contributed by atoms with van der Waals surface area (Å²) in [5.74, 6) is -0.336. The first kappa shape index (κ1) is 13.5. The van der Waals surface area contributed by atoms with Crippen LogP contribution in [0.25, 0.3) is 10.9 Å². The van der Waals surface area contributed by atoms with Crippen molar-refractivity contribution in [3.05, 3.63) is 39.4 Å². The second-order valence-electron chi connectivity index (χ2n) is 3.99. The van der Waals surface area contributed by atoms with Crippen molar-refractivity contribution in [2.24, 2.45) is 0 Å². The fourth-order valence-corrected chi connectivity index (χ4v) is 2.12. The first-order valence-electron chi connectivity index (χ1n) is 6.01. The minimum absolute atomic E-state index is 0.129. The number of fused-ring (bicyclic) bond motifs is 1. The number of nitrogens with one attached hydrogen (secondary N) is 1. The lowest BCUT2D eigenvalue weighted by molar-refractivity contribution is -0.143. The maximum absolute atomic E-state index is 12.2. The molecule has 0 bridgehead atoms. The number of para-hydroxylation sites is 1. The minimum Gasteiger partial charge on any atom is -0.466 e. The van der Waals surface area contributed by atoms with E-state index in [4.69, 9.17) is 17.0 Å². The molecule has 0 aliphatic heterocycles. The summed E-state index contributed by atoms with van der Waals surface area (Å²) >= 11 is 5.14. The van der Waals surface area contributed by atoms with Crippen molar-refractivity contribution < 1.29 is 9.53 Å². The van der Waals surface area contributed by atoms with Gasteiger partial charge < -0.3 is 9.72 Å². The van der Waals surface area contributed by atoms with Crippen LogP contribution in [0.15, 0.2) is 29.1 Å². The van der Waals surface area contributed by atoms with E-state index >= 15 is 0 Å². The molecule has 0 unspecified atom stereocenters. The van der Waals surface area contributed by atoms with Crippen molar-refractivity contribution in [1.29, 1.82) is 0 Å². The van der Waals surface area contributed by atoms with Gasteiger partial charge in [0, 0.05) is 6.54 Å². The van der Waals surface area contributed by atoms with Crippen LogP contribution in [0.3, 0.4) is 0 Å². The van der Waals surface area contributed by atoms with Crippen molar-refractivity contribution in [2.75, 3.05) is 6.61 Å². The number of H-pyrrole nitrogens is 1. The maximum Gasteiger partial charge on any atom is 0.307 e. The van der Waals surface area contributed by atoms with Gasteiger partial charge in [0.1, 0.15) is 0 Å². The normalized spacial score (nSPS) is 10.6. The zero-order chi connectivity index (χ0) is 13.8. The Balaban J connectivity index is 2.36. The van der Waals surface area contributed by atoms with Gasteiger partial charge in [0.2, 0.25) is 0 Å². The number of rotatable bonds is 4. The van der Waals surface area contributed by atoms with E-state index < -0.39 is 0 Å². The molecule has 0 atom stereocenters. The number of benzene rings is 1. The van der Waals surface area contributed by atoms with Gasteiger partial charge in [0.15, 0.2) is 4.77 Å². The lowest BCUT2D eigenvalue weighted by atomic mass is 10.2. The van der Waals surface area contributed by atoms with Crippen molar-refractivity contribution in [3.63, 3.8) is 0 Å². The molecule has 0 spiro atoms. The SMILES string of the molecule is CCOC(=O)CCn1c(=S)[nH]c2ccccc2c1=O. The molecular weight excluding hydrogens is 264 g/mol. The van der Waals surface area contributed by atoms with Gasteiger partial charge in [-0.05, 0) is 31.3 Å². The fraction of sp³-hybridized carbons (Fsp3) is 0.308. The first-order valence-corrected chi connectivity index (χ1v) is 6.41. The summed E-state index contributed by atoms with van der Waals surface area (Å²) in [5, 5.41) is 0.556. The molecule has 5 nitrogen and oxygen atoms in total. The van der Waals surface area contributed by atoms with Gasteiger partial charge in [0.05, 0.1) is 23.9 Å². The van der Waals surface area contributed by atoms with Crippen LogP contribution in [-0.4, -0.2) is 22.1 Å². The summed E-state index contributed by atoms with van der Waals surface area (Å²) in [6.45, 7) is 2.29. The Kier molecular flexibility index (Phi) is 4.11. The fourth-order valence-electron chi connectivity index (χ4n) is 1.84. The molecule has 1 aromatic carbocycles. The number of esters is 1. The van der Waals surface area contributed by atoms with Gasteiger partial charge in [-0.1, -0.05) is 12.1 Å². The zero-order valence-electron chi connectivity index (χ0n) is 10.5. The van der Waals surface area contributed by atoms with E-state index in [0.29, 0.717) is 22.3 Å². The van der Waals surface area contributed by atoms with E-state index in [0.717, 1.165) is 0 Å². The maximum atomic E-state index is 12.2. The van der Waals surface area contributed by atoms with E-state index in [9.17, 15) is 9.59 Å². The largest absolute Gasteiger partial charge is 0.466 e. The van der Waals surface area contributed by atoms with Gasteiger partial charge in [0.25, 0.3) is 5.56 Å². The molecule has 0 saturated carbocycles. The smallest absolute Gasteiger partial charge is 0.307 e. The Bertz CT molecular complexity index is 718. The van der Waals surface area contributed by atoms with Crippen LogP contribution in [0.2, 0.25) is 0 Å². The standard InChI is InChI=1S/C13H14N2O3S/c1-2-18-11(16)7-8-15-12(17)9-5-3-4-6-10(9)14-13(15)19/h3-6H,2,7-8H2,1H3,(H,14,19). The molecule has 0 fully saturated rings. The van der Waals surface area contributed by atoms with Gasteiger partial charge >= 0.3 is 5.97 Å². The van der Waals surface area contributed by atoms with E-state index in [2.05, 4.69) is 4.98 Å². The van der Waals surface area contributed by atoms with E-state index in [1.807, 2.05) is 6.07 Å². The number of hydrogen-bond acceptors (Lipinski definition) is 4. The van der Waals surface area contributed by atoms with Crippen LogP contribution in [0.4, 0.5) is 0 Å². The number of nitrogens with zero attached hydrogens (tertiary/aromatic N) is 1. The van der Waals surface area contributed by atoms with Crippen LogP contribution in [0, 0.1) is 4.77 Å². The average Bonchev–Trinajstić information content (AvgIpc) is 2.39. The van der Waals surface area contributed by atoms with Crippen LogP contribution in [-0.2, 0) is 16.1 Å². The first-order chi connectivity index (χ1) is 9.13. The lowest BCUT2D eigenvalue weighted by Crippen LogP contribution is -2.23. The van der Waals surface area contributed by atoms with Crippen molar-refractivity contribution in [2.45, 2.75) is 19.9 Å². The third-order valence-electron chi connectivity index (χ3n) is 2.73. The second kappa shape index (κ2) is 5.79. The van der Waals surface area contributed by atoms with Crippen molar-refractivity contribution in [3.8, 4) is 0 Å². The zero-order valence-corrected chi connectivity index (χ0v) is 11.3. The number of aromatic amines is 1. The predicted molar refractivity (Wildman–Crippen MR) is 74.6 cm³/mol. The quantitative estimate of drug-likeness (QED) is 0.686. The number of ether oxygens (including phenoxy) is 1. The highest BCUT2D eigenvalue weighted by molar-refractivity contribution is 7.71.